The lowest BCUT2D eigenvalue weighted by Gasteiger charge is -2.19. The Balaban J connectivity index is 1.60. The summed E-state index contributed by atoms with van der Waals surface area (Å²) in [7, 11) is 0. The van der Waals surface area contributed by atoms with Crippen molar-refractivity contribution >= 4 is 23.4 Å². The lowest BCUT2D eigenvalue weighted by molar-refractivity contribution is -0.129. The molecule has 4 nitrogen and oxygen atoms in total. The van der Waals surface area contributed by atoms with Gasteiger partial charge in [-0.2, -0.15) is 0 Å². The van der Waals surface area contributed by atoms with Gasteiger partial charge in [0, 0.05) is 24.5 Å². The first kappa shape index (κ1) is 17.5. The van der Waals surface area contributed by atoms with E-state index in [1.54, 1.807) is 11.0 Å². The van der Waals surface area contributed by atoms with E-state index < -0.39 is 0 Å². The molecule has 1 N–H and O–H groups in total. The molecule has 1 fully saturated rings. The van der Waals surface area contributed by atoms with Crippen molar-refractivity contribution in [3.8, 4) is 0 Å². The minimum atomic E-state index is -0.318. The predicted octanol–water partition coefficient (Wildman–Crippen LogP) is 3.57. The number of halogens is 1. The molecule has 0 aromatic heterocycles. The first-order chi connectivity index (χ1) is 12.0. The van der Waals surface area contributed by atoms with E-state index in [2.05, 4.69) is 5.32 Å². The van der Waals surface area contributed by atoms with Gasteiger partial charge in [0.1, 0.15) is 0 Å². The topological polar surface area (TPSA) is 49.4 Å². The zero-order valence-electron chi connectivity index (χ0n) is 14.1. The van der Waals surface area contributed by atoms with Gasteiger partial charge in [-0.05, 0) is 24.1 Å². The number of nitrogens with zero attached hydrogens (tertiary/aromatic N) is 1. The third-order valence-electron chi connectivity index (χ3n) is 4.53. The molecule has 0 bridgehead atoms. The van der Waals surface area contributed by atoms with Gasteiger partial charge in [0.25, 0.3) is 0 Å². The van der Waals surface area contributed by atoms with E-state index in [4.69, 9.17) is 11.6 Å². The molecule has 2 aromatic rings. The Labute approximate surface area is 152 Å². The summed E-state index contributed by atoms with van der Waals surface area (Å²) < 4.78 is 0. The van der Waals surface area contributed by atoms with Crippen molar-refractivity contribution in [1.82, 2.24) is 10.2 Å². The molecule has 3 rings (SSSR count). The van der Waals surface area contributed by atoms with Crippen molar-refractivity contribution in [2.24, 2.45) is 5.92 Å². The van der Waals surface area contributed by atoms with Crippen LogP contribution in [0.25, 0.3) is 0 Å². The Morgan fingerprint density at radius 2 is 1.88 bits per heavy atom. The van der Waals surface area contributed by atoms with Crippen molar-refractivity contribution in [2.45, 2.75) is 25.9 Å². The highest BCUT2D eigenvalue weighted by molar-refractivity contribution is 6.31. The predicted molar refractivity (Wildman–Crippen MR) is 98.0 cm³/mol. The van der Waals surface area contributed by atoms with Crippen LogP contribution < -0.4 is 5.32 Å². The Hall–Kier alpha value is -2.33. The molecule has 2 unspecified atom stereocenters. The molecular formula is C20H21ClN2O2. The fourth-order valence-electron chi connectivity index (χ4n) is 3.14. The lowest BCUT2D eigenvalue weighted by atomic mass is 10.0. The van der Waals surface area contributed by atoms with E-state index in [9.17, 15) is 9.59 Å². The van der Waals surface area contributed by atoms with Crippen LogP contribution in [0.4, 0.5) is 0 Å². The average Bonchev–Trinajstić information content (AvgIpc) is 2.97. The minimum absolute atomic E-state index is 0.0226. The third kappa shape index (κ3) is 4.20. The Morgan fingerprint density at radius 1 is 1.20 bits per heavy atom. The molecule has 1 heterocycles. The smallest absolute Gasteiger partial charge is 0.225 e. The summed E-state index contributed by atoms with van der Waals surface area (Å²) in [4.78, 5) is 26.5. The molecule has 1 aliphatic rings. The summed E-state index contributed by atoms with van der Waals surface area (Å²) in [5.41, 5.74) is 1.95. The molecule has 25 heavy (non-hydrogen) atoms. The quantitative estimate of drug-likeness (QED) is 0.890. The highest BCUT2D eigenvalue weighted by Crippen LogP contribution is 2.25. The van der Waals surface area contributed by atoms with E-state index in [0.29, 0.717) is 18.1 Å². The molecule has 1 aliphatic heterocycles. The second-order valence-corrected chi connectivity index (χ2v) is 6.82. The molecule has 2 atom stereocenters. The SMILES string of the molecule is CC(NC(=O)C1CC(=O)N(Cc2ccccc2)C1)c1ccccc1Cl. The third-order valence-corrected chi connectivity index (χ3v) is 4.88. The largest absolute Gasteiger partial charge is 0.349 e. The summed E-state index contributed by atoms with van der Waals surface area (Å²) in [5, 5.41) is 3.61. The van der Waals surface area contributed by atoms with Crippen LogP contribution in [-0.2, 0) is 16.1 Å². The molecule has 0 aliphatic carbocycles. The van der Waals surface area contributed by atoms with Gasteiger partial charge in [-0.3, -0.25) is 9.59 Å². The monoisotopic (exact) mass is 356 g/mol. The Morgan fingerprint density at radius 3 is 2.60 bits per heavy atom. The van der Waals surface area contributed by atoms with E-state index in [-0.39, 0.29) is 30.2 Å². The maximum Gasteiger partial charge on any atom is 0.225 e. The number of nitrogens with one attached hydrogen (secondary N) is 1. The van der Waals surface area contributed by atoms with Crippen molar-refractivity contribution in [2.75, 3.05) is 6.54 Å². The number of hydrogen-bond donors (Lipinski definition) is 1. The van der Waals surface area contributed by atoms with Gasteiger partial charge in [-0.1, -0.05) is 60.1 Å². The molecule has 0 radical (unpaired) electrons. The molecule has 5 heteroatoms. The number of carbonyl (C=O) groups excluding carboxylic acids is 2. The fraction of sp³-hybridized carbons (Fsp3) is 0.300. The van der Waals surface area contributed by atoms with Gasteiger partial charge in [-0.15, -0.1) is 0 Å². The molecule has 2 aromatic carbocycles. The maximum atomic E-state index is 12.6. The van der Waals surface area contributed by atoms with Crippen LogP contribution in [0.3, 0.4) is 0 Å². The average molecular weight is 357 g/mol. The van der Waals surface area contributed by atoms with E-state index in [1.165, 1.54) is 0 Å². The zero-order chi connectivity index (χ0) is 17.8. The Bertz CT molecular complexity index is 763. The molecule has 2 amide bonds. The molecule has 130 valence electrons. The summed E-state index contributed by atoms with van der Waals surface area (Å²) in [6.07, 6.45) is 0.258. The van der Waals surface area contributed by atoms with Crippen molar-refractivity contribution in [1.29, 1.82) is 0 Å². The number of benzene rings is 2. The summed E-state index contributed by atoms with van der Waals surface area (Å²) in [6.45, 7) is 2.90. The molecular weight excluding hydrogens is 336 g/mol. The first-order valence-electron chi connectivity index (χ1n) is 8.41. The normalized spacial score (nSPS) is 18.2. The van der Waals surface area contributed by atoms with E-state index >= 15 is 0 Å². The maximum absolute atomic E-state index is 12.6. The summed E-state index contributed by atoms with van der Waals surface area (Å²) in [5.74, 6) is -0.396. The van der Waals surface area contributed by atoms with Crippen LogP contribution in [0.5, 0.6) is 0 Å². The molecule has 0 spiro atoms. The number of hydrogen-bond acceptors (Lipinski definition) is 2. The van der Waals surface area contributed by atoms with Crippen molar-refractivity contribution in [3.05, 3.63) is 70.7 Å². The second-order valence-electron chi connectivity index (χ2n) is 6.41. The molecule has 1 saturated heterocycles. The van der Waals surface area contributed by atoms with Crippen LogP contribution >= 0.6 is 11.6 Å². The highest BCUT2D eigenvalue weighted by atomic mass is 35.5. The summed E-state index contributed by atoms with van der Waals surface area (Å²) >= 11 is 6.19. The van der Waals surface area contributed by atoms with Crippen LogP contribution in [0.2, 0.25) is 5.02 Å². The van der Waals surface area contributed by atoms with E-state index in [0.717, 1.165) is 11.1 Å². The van der Waals surface area contributed by atoms with Gasteiger partial charge in [0.05, 0.1) is 12.0 Å². The van der Waals surface area contributed by atoms with Crippen LogP contribution in [0.15, 0.2) is 54.6 Å². The standard InChI is InChI=1S/C20H21ClN2O2/c1-14(17-9-5-6-10-18(17)21)22-20(25)16-11-19(24)23(13-16)12-15-7-3-2-4-8-15/h2-10,14,16H,11-13H2,1H3,(H,22,25). The van der Waals surface area contributed by atoms with Crippen LogP contribution in [0, 0.1) is 5.92 Å². The minimum Gasteiger partial charge on any atom is -0.349 e. The number of likely N-dealkylation sites (tertiary alicyclic amines) is 1. The van der Waals surface area contributed by atoms with Crippen LogP contribution in [0.1, 0.15) is 30.5 Å². The zero-order valence-corrected chi connectivity index (χ0v) is 14.9. The van der Waals surface area contributed by atoms with E-state index in [1.807, 2.05) is 55.5 Å². The number of carbonyl (C=O) groups is 2. The van der Waals surface area contributed by atoms with Gasteiger partial charge >= 0.3 is 0 Å². The highest BCUT2D eigenvalue weighted by Gasteiger charge is 2.34. The Kier molecular flexibility index (Phi) is 5.39. The van der Waals surface area contributed by atoms with Gasteiger partial charge in [0.15, 0.2) is 0 Å². The van der Waals surface area contributed by atoms with Crippen molar-refractivity contribution in [3.63, 3.8) is 0 Å². The van der Waals surface area contributed by atoms with Gasteiger partial charge < -0.3 is 10.2 Å². The van der Waals surface area contributed by atoms with Crippen molar-refractivity contribution < 1.29 is 9.59 Å². The second kappa shape index (κ2) is 7.70. The number of rotatable bonds is 5. The van der Waals surface area contributed by atoms with Crippen LogP contribution in [-0.4, -0.2) is 23.3 Å². The first-order valence-corrected chi connectivity index (χ1v) is 8.79. The summed E-state index contributed by atoms with van der Waals surface area (Å²) in [6, 6.07) is 17.1. The number of amides is 2. The fourth-order valence-corrected chi connectivity index (χ4v) is 3.44. The lowest BCUT2D eigenvalue weighted by Crippen LogP contribution is -2.34. The molecule has 0 saturated carbocycles. The van der Waals surface area contributed by atoms with Gasteiger partial charge in [0.2, 0.25) is 11.8 Å². The van der Waals surface area contributed by atoms with Gasteiger partial charge in [-0.25, -0.2) is 0 Å².